The zero-order valence-corrected chi connectivity index (χ0v) is 14.3. The van der Waals surface area contributed by atoms with E-state index >= 15 is 0 Å². The number of nitro benzene ring substituents is 1. The third kappa shape index (κ3) is 4.54. The second-order valence-electron chi connectivity index (χ2n) is 5.37. The lowest BCUT2D eigenvalue weighted by atomic mass is 10.1. The number of benzene rings is 2. The van der Waals surface area contributed by atoms with Crippen molar-refractivity contribution in [2.75, 3.05) is 11.9 Å². The number of ether oxygens (including phenoxy) is 1. The summed E-state index contributed by atoms with van der Waals surface area (Å²) in [5.41, 5.74) is 2.02. The van der Waals surface area contributed by atoms with Gasteiger partial charge in [0.1, 0.15) is 5.75 Å². The molecular formula is C17H15ClN2O5. The monoisotopic (exact) mass is 362 g/mol. The maximum Gasteiger partial charge on any atom is 0.270 e. The number of halogens is 1. The van der Waals surface area contributed by atoms with E-state index in [4.69, 9.17) is 16.3 Å². The van der Waals surface area contributed by atoms with E-state index in [1.165, 1.54) is 12.1 Å². The Hall–Kier alpha value is -2.93. The first-order valence-electron chi connectivity index (χ1n) is 7.25. The van der Waals surface area contributed by atoms with Crippen molar-refractivity contribution in [2.45, 2.75) is 13.8 Å². The Bertz CT molecular complexity index is 828. The molecule has 2 rings (SSSR count). The van der Waals surface area contributed by atoms with Crippen LogP contribution in [0.25, 0.3) is 0 Å². The van der Waals surface area contributed by atoms with Gasteiger partial charge in [0.05, 0.1) is 21.2 Å². The summed E-state index contributed by atoms with van der Waals surface area (Å²) < 4.78 is 5.29. The first-order chi connectivity index (χ1) is 11.8. The average Bonchev–Trinajstić information content (AvgIpc) is 2.55. The van der Waals surface area contributed by atoms with Gasteiger partial charge in [-0.1, -0.05) is 17.7 Å². The molecule has 8 heteroatoms. The number of non-ortho nitro benzene ring substituents is 1. The summed E-state index contributed by atoms with van der Waals surface area (Å²) in [6, 6.07) is 7.16. The maximum atomic E-state index is 12.1. The minimum Gasteiger partial charge on any atom is -0.483 e. The number of rotatable bonds is 6. The number of anilines is 1. The van der Waals surface area contributed by atoms with Gasteiger partial charge in [-0.25, -0.2) is 0 Å². The third-order valence-electron chi connectivity index (χ3n) is 3.39. The van der Waals surface area contributed by atoms with Crippen LogP contribution >= 0.6 is 11.6 Å². The van der Waals surface area contributed by atoms with Crippen LogP contribution in [0.4, 0.5) is 11.4 Å². The van der Waals surface area contributed by atoms with Gasteiger partial charge in [-0.3, -0.25) is 19.7 Å². The quantitative estimate of drug-likeness (QED) is 0.480. The van der Waals surface area contributed by atoms with Crippen LogP contribution in [-0.4, -0.2) is 23.7 Å². The molecule has 2 aromatic carbocycles. The van der Waals surface area contributed by atoms with Gasteiger partial charge in [0, 0.05) is 12.1 Å². The number of carbonyl (C=O) groups excluding carboxylic acids is 2. The number of aldehydes is 1. The normalized spacial score (nSPS) is 10.2. The van der Waals surface area contributed by atoms with Gasteiger partial charge in [-0.15, -0.1) is 0 Å². The van der Waals surface area contributed by atoms with Crippen LogP contribution in [0.15, 0.2) is 30.3 Å². The molecule has 0 saturated carbocycles. The van der Waals surface area contributed by atoms with E-state index in [1.54, 1.807) is 6.07 Å². The van der Waals surface area contributed by atoms with Crippen LogP contribution in [0, 0.1) is 24.0 Å². The predicted octanol–water partition coefficient (Wildman–Crippen LogP) is 3.70. The van der Waals surface area contributed by atoms with Crippen molar-refractivity contribution in [2.24, 2.45) is 0 Å². The highest BCUT2D eigenvalue weighted by molar-refractivity contribution is 6.34. The van der Waals surface area contributed by atoms with Gasteiger partial charge in [-0.05, 0) is 37.1 Å². The number of aryl methyl sites for hydroxylation is 2. The van der Waals surface area contributed by atoms with E-state index in [9.17, 15) is 19.7 Å². The molecule has 0 spiro atoms. The standard InChI is InChI=1S/C17H15ClN2O5/c1-10-5-11(2)17(14(18)6-10)19-16(22)9-25-15-4-3-13(20(23)24)7-12(15)8-21/h3-8H,9H2,1-2H3,(H,19,22). The summed E-state index contributed by atoms with van der Waals surface area (Å²) in [5.74, 6) is -0.383. The van der Waals surface area contributed by atoms with E-state index in [0.29, 0.717) is 17.0 Å². The highest BCUT2D eigenvalue weighted by Crippen LogP contribution is 2.27. The highest BCUT2D eigenvalue weighted by atomic mass is 35.5. The Morgan fingerprint density at radius 1 is 1.32 bits per heavy atom. The zero-order valence-electron chi connectivity index (χ0n) is 13.5. The molecule has 1 amide bonds. The Morgan fingerprint density at radius 3 is 2.64 bits per heavy atom. The number of hydrogen-bond donors (Lipinski definition) is 1. The molecule has 0 aliphatic carbocycles. The number of nitrogens with zero attached hydrogens (tertiary/aromatic N) is 1. The molecule has 0 aliphatic heterocycles. The smallest absolute Gasteiger partial charge is 0.270 e. The van der Waals surface area contributed by atoms with Crippen molar-refractivity contribution in [1.29, 1.82) is 0 Å². The van der Waals surface area contributed by atoms with Crippen molar-refractivity contribution in [3.63, 3.8) is 0 Å². The molecule has 1 N–H and O–H groups in total. The fourth-order valence-electron chi connectivity index (χ4n) is 2.27. The summed E-state index contributed by atoms with van der Waals surface area (Å²) in [6.07, 6.45) is 0.432. The van der Waals surface area contributed by atoms with E-state index in [0.717, 1.165) is 17.2 Å². The van der Waals surface area contributed by atoms with Gasteiger partial charge in [-0.2, -0.15) is 0 Å². The van der Waals surface area contributed by atoms with Crippen LogP contribution in [0.1, 0.15) is 21.5 Å². The molecular weight excluding hydrogens is 348 g/mol. The minimum atomic E-state index is -0.619. The average molecular weight is 363 g/mol. The molecule has 130 valence electrons. The minimum absolute atomic E-state index is 0.00783. The molecule has 2 aromatic rings. The number of amides is 1. The fraction of sp³-hybridized carbons (Fsp3) is 0.176. The molecule has 7 nitrogen and oxygen atoms in total. The molecule has 25 heavy (non-hydrogen) atoms. The fourth-order valence-corrected chi connectivity index (χ4v) is 2.63. The lowest BCUT2D eigenvalue weighted by molar-refractivity contribution is -0.384. The summed E-state index contributed by atoms with van der Waals surface area (Å²) in [7, 11) is 0. The number of hydrogen-bond acceptors (Lipinski definition) is 5. The SMILES string of the molecule is Cc1cc(C)c(NC(=O)COc2ccc([N+](=O)[O-])cc2C=O)c(Cl)c1. The Labute approximate surface area is 148 Å². The van der Waals surface area contributed by atoms with E-state index in [2.05, 4.69) is 5.32 Å². The van der Waals surface area contributed by atoms with Gasteiger partial charge >= 0.3 is 0 Å². The molecule has 0 aromatic heterocycles. The first-order valence-corrected chi connectivity index (χ1v) is 7.62. The van der Waals surface area contributed by atoms with Gasteiger partial charge in [0.2, 0.25) is 0 Å². The van der Waals surface area contributed by atoms with Crippen LogP contribution in [0.5, 0.6) is 5.75 Å². The second kappa shape index (κ2) is 7.76. The largest absolute Gasteiger partial charge is 0.483 e. The first kappa shape index (κ1) is 18.4. The summed E-state index contributed by atoms with van der Waals surface area (Å²) in [5, 5.41) is 13.8. The number of nitrogens with one attached hydrogen (secondary N) is 1. The summed E-state index contributed by atoms with van der Waals surface area (Å²) in [6.45, 7) is 3.33. The molecule has 0 atom stereocenters. The Balaban J connectivity index is 2.08. The van der Waals surface area contributed by atoms with Crippen LogP contribution in [0.3, 0.4) is 0 Å². The molecule has 0 bridgehead atoms. The van der Waals surface area contributed by atoms with Gasteiger partial charge in [0.15, 0.2) is 12.9 Å². The number of carbonyl (C=O) groups is 2. The van der Waals surface area contributed by atoms with E-state index < -0.39 is 10.8 Å². The lowest BCUT2D eigenvalue weighted by Crippen LogP contribution is -2.21. The van der Waals surface area contributed by atoms with Gasteiger partial charge in [0.25, 0.3) is 11.6 Å². The van der Waals surface area contributed by atoms with Crippen molar-refractivity contribution in [1.82, 2.24) is 0 Å². The van der Waals surface area contributed by atoms with Crippen LogP contribution < -0.4 is 10.1 Å². The maximum absolute atomic E-state index is 12.1. The van der Waals surface area contributed by atoms with Crippen molar-refractivity contribution >= 4 is 35.2 Å². The Kier molecular flexibility index (Phi) is 5.71. The zero-order chi connectivity index (χ0) is 18.6. The molecule has 0 unspecified atom stereocenters. The Morgan fingerprint density at radius 2 is 2.04 bits per heavy atom. The third-order valence-corrected chi connectivity index (χ3v) is 3.68. The number of nitro groups is 1. The van der Waals surface area contributed by atoms with E-state index in [-0.39, 0.29) is 23.6 Å². The summed E-state index contributed by atoms with van der Waals surface area (Å²) >= 11 is 6.13. The molecule has 0 aliphatic rings. The predicted molar refractivity (Wildman–Crippen MR) is 93.5 cm³/mol. The van der Waals surface area contributed by atoms with Gasteiger partial charge < -0.3 is 10.1 Å². The van der Waals surface area contributed by atoms with Crippen LogP contribution in [0.2, 0.25) is 5.02 Å². The lowest BCUT2D eigenvalue weighted by Gasteiger charge is -2.12. The van der Waals surface area contributed by atoms with Crippen molar-refractivity contribution in [3.05, 3.63) is 62.2 Å². The topological polar surface area (TPSA) is 98.5 Å². The second-order valence-corrected chi connectivity index (χ2v) is 5.78. The highest BCUT2D eigenvalue weighted by Gasteiger charge is 2.14. The molecule has 0 fully saturated rings. The molecule has 0 heterocycles. The molecule has 0 radical (unpaired) electrons. The summed E-state index contributed by atoms with van der Waals surface area (Å²) in [4.78, 5) is 33.2. The van der Waals surface area contributed by atoms with Crippen LogP contribution in [-0.2, 0) is 4.79 Å². The van der Waals surface area contributed by atoms with Crippen molar-refractivity contribution in [3.8, 4) is 5.75 Å². The van der Waals surface area contributed by atoms with Crippen molar-refractivity contribution < 1.29 is 19.2 Å². The molecule has 0 saturated heterocycles. The van der Waals surface area contributed by atoms with E-state index in [1.807, 2.05) is 19.9 Å².